The second kappa shape index (κ2) is 13.6. The van der Waals surface area contributed by atoms with Crippen LogP contribution < -0.4 is 10.3 Å². The van der Waals surface area contributed by atoms with E-state index in [-0.39, 0.29) is 24.3 Å². The number of hydrogen-bond acceptors (Lipinski definition) is 11. The molecule has 0 amide bonds. The van der Waals surface area contributed by atoms with E-state index < -0.39 is 13.7 Å². The highest BCUT2D eigenvalue weighted by atomic mass is 35.5. The van der Waals surface area contributed by atoms with Crippen molar-refractivity contribution in [1.29, 1.82) is 0 Å². The molecule has 1 aliphatic rings. The Bertz CT molecular complexity index is 1470. The van der Waals surface area contributed by atoms with Crippen LogP contribution in [-0.2, 0) is 31.7 Å². The van der Waals surface area contributed by atoms with E-state index in [0.717, 1.165) is 5.56 Å². The third-order valence-corrected chi connectivity index (χ3v) is 10.3. The molecule has 0 aliphatic carbocycles. The van der Waals surface area contributed by atoms with Crippen molar-refractivity contribution < 1.29 is 23.1 Å². The number of halogens is 1. The molecule has 4 aromatic rings. The van der Waals surface area contributed by atoms with Crippen LogP contribution in [0.4, 0.5) is 5.82 Å². The molecule has 1 fully saturated rings. The molecule has 0 bridgehead atoms. The minimum atomic E-state index is -3.85. The highest BCUT2D eigenvalue weighted by Gasteiger charge is 2.38. The van der Waals surface area contributed by atoms with E-state index in [1.807, 2.05) is 37.3 Å². The van der Waals surface area contributed by atoms with Crippen molar-refractivity contribution in [3.8, 4) is 5.75 Å². The van der Waals surface area contributed by atoms with E-state index >= 15 is 0 Å². The molecule has 4 atom stereocenters. The second-order valence-corrected chi connectivity index (χ2v) is 13.9. The molecule has 1 aliphatic heterocycles. The molecule has 2 aromatic heterocycles. The summed E-state index contributed by atoms with van der Waals surface area (Å²) in [4.78, 5) is 12.5. The Balaban J connectivity index is 1.29. The lowest BCUT2D eigenvalue weighted by atomic mass is 10.2. The average Bonchev–Trinajstić information content (AvgIpc) is 3.37. The zero-order valence-corrected chi connectivity index (χ0v) is 25.0. The fraction of sp³-hybridized carbons (Fsp3) is 0.346. The van der Waals surface area contributed by atoms with Gasteiger partial charge in [0.1, 0.15) is 23.7 Å². The van der Waals surface area contributed by atoms with Gasteiger partial charge >= 0.3 is 7.60 Å². The van der Waals surface area contributed by atoms with Gasteiger partial charge in [0.15, 0.2) is 17.8 Å². The molecule has 1 saturated heterocycles. The SMILES string of the molecule is C[C@H](Cn1cnc2c(N)ncnc21)OCP(=O)(Oc1ccccc1Cl)OC1CSSCC1OCc1ccccc1. The van der Waals surface area contributed by atoms with Gasteiger partial charge in [0, 0.05) is 11.5 Å². The number of hydrogen-bond donors (Lipinski definition) is 1. The molecule has 0 radical (unpaired) electrons. The van der Waals surface area contributed by atoms with Gasteiger partial charge in [-0.1, -0.05) is 75.7 Å². The minimum Gasteiger partial charge on any atom is -0.421 e. The van der Waals surface area contributed by atoms with Gasteiger partial charge in [0.05, 0.1) is 36.7 Å². The Labute approximate surface area is 245 Å². The lowest BCUT2D eigenvalue weighted by Gasteiger charge is -2.33. The Morgan fingerprint density at radius 1 is 1.07 bits per heavy atom. The summed E-state index contributed by atoms with van der Waals surface area (Å²) >= 11 is 6.34. The first-order chi connectivity index (χ1) is 19.4. The number of anilines is 1. The maximum atomic E-state index is 14.2. The summed E-state index contributed by atoms with van der Waals surface area (Å²) in [6.07, 6.45) is 1.58. The topological polar surface area (TPSA) is 124 Å². The van der Waals surface area contributed by atoms with Crippen LogP contribution in [0.3, 0.4) is 0 Å². The van der Waals surface area contributed by atoms with E-state index in [1.165, 1.54) is 6.33 Å². The molecule has 212 valence electrons. The summed E-state index contributed by atoms with van der Waals surface area (Å²) in [7, 11) is -0.508. The molecule has 5 rings (SSSR count). The highest BCUT2D eigenvalue weighted by molar-refractivity contribution is 8.76. The zero-order chi connectivity index (χ0) is 28.0. The maximum Gasteiger partial charge on any atom is 0.405 e. The molecule has 2 N–H and O–H groups in total. The Morgan fingerprint density at radius 3 is 2.62 bits per heavy atom. The van der Waals surface area contributed by atoms with Gasteiger partial charge < -0.3 is 24.3 Å². The standard InChI is InChI=1S/C26H29ClN5O5PS2/c1-18(11-32-16-31-24-25(28)29-15-30-26(24)32)35-17-38(33,36-21-10-6-5-9-20(21)27)37-23-14-40-39-13-22(23)34-12-19-7-3-2-4-8-19/h2-10,15-16,18,22-23H,11-14,17H2,1H3,(H2,28,29,30)/t18-,22?,23?,38?/m1/s1. The summed E-state index contributed by atoms with van der Waals surface area (Å²) in [5.41, 5.74) is 8.06. The summed E-state index contributed by atoms with van der Waals surface area (Å²) in [5.74, 6) is 1.83. The van der Waals surface area contributed by atoms with E-state index in [9.17, 15) is 4.57 Å². The quantitative estimate of drug-likeness (QED) is 0.147. The van der Waals surface area contributed by atoms with Crippen molar-refractivity contribution in [2.24, 2.45) is 0 Å². The minimum absolute atomic E-state index is 0.260. The summed E-state index contributed by atoms with van der Waals surface area (Å²) in [6, 6.07) is 16.8. The predicted molar refractivity (Wildman–Crippen MR) is 160 cm³/mol. The van der Waals surface area contributed by atoms with Gasteiger partial charge in [0.2, 0.25) is 0 Å². The third kappa shape index (κ3) is 7.50. The smallest absolute Gasteiger partial charge is 0.405 e. The largest absolute Gasteiger partial charge is 0.421 e. The lowest BCUT2D eigenvalue weighted by Crippen LogP contribution is -2.38. The first-order valence-corrected chi connectivity index (χ1v) is 17.1. The predicted octanol–water partition coefficient (Wildman–Crippen LogP) is 6.06. The number of nitrogens with zero attached hydrogens (tertiary/aromatic N) is 4. The normalized spacial score (nSPS) is 19.8. The van der Waals surface area contributed by atoms with Crippen LogP contribution in [0.25, 0.3) is 11.2 Å². The van der Waals surface area contributed by atoms with Crippen molar-refractivity contribution >= 4 is 57.8 Å². The molecule has 2 aromatic carbocycles. The summed E-state index contributed by atoms with van der Waals surface area (Å²) < 4.78 is 40.5. The Kier molecular flexibility index (Phi) is 9.90. The maximum absolute atomic E-state index is 14.2. The Morgan fingerprint density at radius 2 is 1.82 bits per heavy atom. The summed E-state index contributed by atoms with van der Waals surface area (Å²) in [5, 5.41) is 0.326. The van der Waals surface area contributed by atoms with Crippen LogP contribution in [0.5, 0.6) is 5.75 Å². The lowest BCUT2D eigenvalue weighted by molar-refractivity contribution is -0.0192. The van der Waals surface area contributed by atoms with Crippen LogP contribution in [-0.4, -0.2) is 55.7 Å². The molecular weight excluding hydrogens is 593 g/mol. The number of ether oxygens (including phenoxy) is 2. The van der Waals surface area contributed by atoms with Crippen molar-refractivity contribution in [3.05, 3.63) is 77.8 Å². The van der Waals surface area contributed by atoms with Crippen molar-refractivity contribution in [1.82, 2.24) is 19.5 Å². The zero-order valence-electron chi connectivity index (χ0n) is 21.7. The average molecular weight is 622 g/mol. The van der Waals surface area contributed by atoms with Crippen molar-refractivity contribution in [2.75, 3.05) is 23.6 Å². The molecular formula is C26H29ClN5O5PS2. The first kappa shape index (κ1) is 29.2. The number of benzene rings is 2. The van der Waals surface area contributed by atoms with E-state index in [4.69, 9.17) is 35.9 Å². The van der Waals surface area contributed by atoms with E-state index in [0.29, 0.717) is 46.7 Å². The monoisotopic (exact) mass is 621 g/mol. The molecule has 3 heterocycles. The third-order valence-electron chi connectivity index (χ3n) is 6.04. The Hall–Kier alpha value is -2.31. The van der Waals surface area contributed by atoms with Gasteiger partial charge in [-0.05, 0) is 24.6 Å². The van der Waals surface area contributed by atoms with Crippen molar-refractivity contribution in [3.63, 3.8) is 0 Å². The van der Waals surface area contributed by atoms with E-state index in [1.54, 1.807) is 56.7 Å². The highest BCUT2D eigenvalue weighted by Crippen LogP contribution is 2.53. The number of para-hydroxylation sites is 1. The van der Waals surface area contributed by atoms with Gasteiger partial charge in [-0.2, -0.15) is 0 Å². The van der Waals surface area contributed by atoms with Gasteiger partial charge in [-0.15, -0.1) is 0 Å². The molecule has 0 spiro atoms. The van der Waals surface area contributed by atoms with Crippen LogP contribution in [0, 0.1) is 0 Å². The van der Waals surface area contributed by atoms with Gasteiger partial charge in [0.25, 0.3) is 0 Å². The number of nitrogen functional groups attached to an aromatic ring is 1. The molecule has 0 saturated carbocycles. The van der Waals surface area contributed by atoms with Crippen LogP contribution in [0.15, 0.2) is 67.3 Å². The molecule has 10 nitrogen and oxygen atoms in total. The van der Waals surface area contributed by atoms with Crippen LogP contribution in [0.2, 0.25) is 5.02 Å². The van der Waals surface area contributed by atoms with Crippen LogP contribution >= 0.6 is 40.8 Å². The van der Waals surface area contributed by atoms with Gasteiger partial charge in [-0.25, -0.2) is 19.5 Å². The second-order valence-electron chi connectivity index (χ2n) is 9.12. The number of aromatic nitrogens is 4. The van der Waals surface area contributed by atoms with Gasteiger partial charge in [-0.3, -0.25) is 4.52 Å². The number of nitrogens with two attached hydrogens (primary N) is 1. The molecule has 40 heavy (non-hydrogen) atoms. The van der Waals surface area contributed by atoms with Crippen LogP contribution in [0.1, 0.15) is 12.5 Å². The van der Waals surface area contributed by atoms with Crippen molar-refractivity contribution in [2.45, 2.75) is 38.4 Å². The number of fused-ring (bicyclic) bond motifs is 1. The molecule has 3 unspecified atom stereocenters. The fourth-order valence-corrected chi connectivity index (χ4v) is 8.45. The first-order valence-electron chi connectivity index (χ1n) is 12.5. The van der Waals surface area contributed by atoms with E-state index in [2.05, 4.69) is 15.0 Å². The number of imidazole rings is 1. The molecule has 14 heteroatoms. The number of rotatable bonds is 12. The fourth-order valence-electron chi connectivity index (χ4n) is 4.01. The summed E-state index contributed by atoms with van der Waals surface area (Å²) in [6.45, 7) is 2.67.